The monoisotopic (exact) mass is 555 g/mol. The molecule has 0 bridgehead atoms. The summed E-state index contributed by atoms with van der Waals surface area (Å²) in [5, 5.41) is 14.9. The van der Waals surface area contributed by atoms with E-state index in [0.29, 0.717) is 36.7 Å². The van der Waals surface area contributed by atoms with Crippen molar-refractivity contribution in [1.82, 2.24) is 9.96 Å². The van der Waals surface area contributed by atoms with Gasteiger partial charge in [-0.25, -0.2) is 10.1 Å². The van der Waals surface area contributed by atoms with Gasteiger partial charge < -0.3 is 10.2 Å². The lowest BCUT2D eigenvalue weighted by Gasteiger charge is -2.31. The van der Waals surface area contributed by atoms with E-state index in [0.717, 1.165) is 34.0 Å². The first-order valence-corrected chi connectivity index (χ1v) is 13.1. The molecule has 7 nitrogen and oxygen atoms in total. The second kappa shape index (κ2) is 13.4. The number of hydrogen-bond donors (Lipinski definition) is 2. The predicted octanol–water partition coefficient (Wildman–Crippen LogP) is 6.98. The summed E-state index contributed by atoms with van der Waals surface area (Å²) < 4.78 is 38.7. The minimum Gasteiger partial charge on any atom is -0.355 e. The van der Waals surface area contributed by atoms with E-state index in [-0.39, 0.29) is 24.1 Å². The Bertz CT molecular complexity index is 1310. The maximum Gasteiger partial charge on any atom is 0.416 e. The van der Waals surface area contributed by atoms with Crippen molar-refractivity contribution in [1.29, 1.82) is 0 Å². The zero-order valence-electron chi connectivity index (χ0n) is 23.5. The molecule has 0 fully saturated rings. The fourth-order valence-corrected chi connectivity index (χ4v) is 4.34. The summed E-state index contributed by atoms with van der Waals surface area (Å²) in [6.45, 7) is 10.1. The molecule has 1 aliphatic heterocycles. The van der Waals surface area contributed by atoms with E-state index in [1.807, 2.05) is 39.0 Å². The number of halogens is 3. The third kappa shape index (κ3) is 7.81. The second-order valence-corrected chi connectivity index (χ2v) is 9.82. The number of carbonyl (C=O) groups excluding carboxylic acids is 1. The number of amides is 1. The Labute approximate surface area is 233 Å². The van der Waals surface area contributed by atoms with Crippen LogP contribution in [0.5, 0.6) is 0 Å². The largest absolute Gasteiger partial charge is 0.416 e. The number of aliphatic imine (C=N–C) groups is 2. The second-order valence-electron chi connectivity index (χ2n) is 9.82. The molecule has 1 amide bonds. The summed E-state index contributed by atoms with van der Waals surface area (Å²) in [5.41, 5.74) is 3.51. The van der Waals surface area contributed by atoms with Crippen molar-refractivity contribution < 1.29 is 23.2 Å². The predicted molar refractivity (Wildman–Crippen MR) is 153 cm³/mol. The number of hydroxylamine groups is 2. The van der Waals surface area contributed by atoms with E-state index in [9.17, 15) is 23.2 Å². The molecule has 0 atom stereocenters. The summed E-state index contributed by atoms with van der Waals surface area (Å²) in [4.78, 5) is 24.0. The molecule has 1 aliphatic rings. The van der Waals surface area contributed by atoms with Crippen LogP contribution in [0.1, 0.15) is 51.3 Å². The summed E-state index contributed by atoms with van der Waals surface area (Å²) in [6, 6.07) is 10.6. The van der Waals surface area contributed by atoms with Gasteiger partial charge in [0.25, 0.3) is 5.91 Å². The fourth-order valence-electron chi connectivity index (χ4n) is 4.34. The van der Waals surface area contributed by atoms with Gasteiger partial charge in [0.2, 0.25) is 0 Å². The van der Waals surface area contributed by atoms with Crippen molar-refractivity contribution in [2.24, 2.45) is 15.9 Å². The zero-order chi connectivity index (χ0) is 29.4. The Morgan fingerprint density at radius 1 is 1.18 bits per heavy atom. The number of benzene rings is 2. The van der Waals surface area contributed by atoms with Crippen molar-refractivity contribution in [2.45, 2.75) is 53.8 Å². The lowest BCUT2D eigenvalue weighted by atomic mass is 9.97. The summed E-state index contributed by atoms with van der Waals surface area (Å²) in [6.07, 6.45) is 1.26. The maximum absolute atomic E-state index is 13.5. The third-order valence-corrected chi connectivity index (χ3v) is 6.38. The van der Waals surface area contributed by atoms with Crippen molar-refractivity contribution in [3.05, 3.63) is 83.2 Å². The van der Waals surface area contributed by atoms with Crippen molar-refractivity contribution in [2.75, 3.05) is 18.4 Å². The molecule has 2 aromatic rings. The lowest BCUT2D eigenvalue weighted by molar-refractivity contribution is -0.137. The minimum absolute atomic E-state index is 0.150. The first-order chi connectivity index (χ1) is 18.9. The maximum atomic E-state index is 13.5. The molecular formula is C30H36F3N5O2. The number of carbonyl (C=O) groups is 1. The third-order valence-electron chi connectivity index (χ3n) is 6.38. The van der Waals surface area contributed by atoms with Crippen LogP contribution < -0.4 is 5.32 Å². The van der Waals surface area contributed by atoms with Crippen LogP contribution in [0.3, 0.4) is 0 Å². The van der Waals surface area contributed by atoms with Gasteiger partial charge in [0.05, 0.1) is 12.1 Å². The van der Waals surface area contributed by atoms with Gasteiger partial charge in [0.1, 0.15) is 11.5 Å². The van der Waals surface area contributed by atoms with Gasteiger partial charge in [-0.1, -0.05) is 38.1 Å². The molecule has 0 unspecified atom stereocenters. The summed E-state index contributed by atoms with van der Waals surface area (Å²) in [7, 11) is 0. The zero-order valence-corrected chi connectivity index (χ0v) is 23.5. The Hall–Kier alpha value is -3.92. The van der Waals surface area contributed by atoms with Gasteiger partial charge in [-0.15, -0.1) is 0 Å². The normalized spacial score (nSPS) is 15.1. The van der Waals surface area contributed by atoms with E-state index in [2.05, 4.69) is 15.3 Å². The molecule has 3 rings (SSSR count). The average molecular weight is 556 g/mol. The summed E-state index contributed by atoms with van der Waals surface area (Å²) in [5.74, 6) is -0.0415. The molecular weight excluding hydrogens is 519 g/mol. The molecule has 0 aromatic heterocycles. The molecule has 0 spiro atoms. The van der Waals surface area contributed by atoms with Crippen LogP contribution in [0.2, 0.25) is 0 Å². The molecule has 0 saturated heterocycles. The minimum atomic E-state index is -4.39. The lowest BCUT2D eigenvalue weighted by Crippen LogP contribution is -2.38. The van der Waals surface area contributed by atoms with Crippen molar-refractivity contribution in [3.63, 3.8) is 0 Å². The van der Waals surface area contributed by atoms with Gasteiger partial charge in [0, 0.05) is 42.3 Å². The number of nitrogens with zero attached hydrogens (tertiary/aromatic N) is 4. The highest BCUT2D eigenvalue weighted by Crippen LogP contribution is 2.32. The van der Waals surface area contributed by atoms with Gasteiger partial charge in [-0.3, -0.25) is 15.0 Å². The van der Waals surface area contributed by atoms with E-state index >= 15 is 0 Å². The number of nitrogens with one attached hydrogen (secondary N) is 1. The molecule has 40 heavy (non-hydrogen) atoms. The summed E-state index contributed by atoms with van der Waals surface area (Å²) >= 11 is 0. The number of rotatable bonds is 8. The molecule has 10 heteroatoms. The quantitative estimate of drug-likeness (QED) is 0.159. The standard InChI is InChI=1S/C30H36F3N5O2/c1-6-16-34-21(5)18-38(40)28(20(3)4)36-26(7-2)29(39)37-17-15-25-22(19-37)9-8-10-27(25)35-24-13-11-23(12-14-24)30(31,32)33/h6-14,16,20,35,40H,15,17-19H2,1-5H3/b16-6-,26-7-,34-21?,36-28?. The average Bonchev–Trinajstić information content (AvgIpc) is 2.91. The van der Waals surface area contributed by atoms with E-state index < -0.39 is 11.7 Å². The van der Waals surface area contributed by atoms with Crippen LogP contribution in [0.15, 0.2) is 76.5 Å². The molecule has 0 radical (unpaired) electrons. The number of amidine groups is 1. The van der Waals surface area contributed by atoms with E-state index in [1.165, 1.54) is 12.1 Å². The Balaban J connectivity index is 1.77. The van der Waals surface area contributed by atoms with Crippen LogP contribution >= 0.6 is 0 Å². The first-order valence-electron chi connectivity index (χ1n) is 13.1. The van der Waals surface area contributed by atoms with Crippen LogP contribution in [-0.2, 0) is 23.9 Å². The van der Waals surface area contributed by atoms with E-state index in [1.54, 1.807) is 37.1 Å². The van der Waals surface area contributed by atoms with Crippen LogP contribution in [0, 0.1) is 5.92 Å². The first kappa shape index (κ1) is 30.6. The highest BCUT2D eigenvalue weighted by Gasteiger charge is 2.30. The number of allylic oxidation sites excluding steroid dienone is 2. The van der Waals surface area contributed by atoms with Gasteiger partial charge in [-0.05, 0) is 68.7 Å². The molecule has 2 N–H and O–H groups in total. The molecule has 214 valence electrons. The number of anilines is 2. The Morgan fingerprint density at radius 3 is 2.48 bits per heavy atom. The van der Waals surface area contributed by atoms with Crippen molar-refractivity contribution >= 4 is 28.8 Å². The van der Waals surface area contributed by atoms with E-state index in [4.69, 9.17) is 0 Å². The van der Waals surface area contributed by atoms with Crippen LogP contribution in [0.4, 0.5) is 24.5 Å². The van der Waals surface area contributed by atoms with Gasteiger partial charge in [0.15, 0.2) is 0 Å². The molecule has 0 aliphatic carbocycles. The Morgan fingerprint density at radius 2 is 1.88 bits per heavy atom. The van der Waals surface area contributed by atoms with Crippen LogP contribution in [-0.4, -0.2) is 45.7 Å². The van der Waals surface area contributed by atoms with Gasteiger partial charge in [-0.2, -0.15) is 13.2 Å². The highest BCUT2D eigenvalue weighted by molar-refractivity contribution is 5.98. The number of fused-ring (bicyclic) bond motifs is 1. The van der Waals surface area contributed by atoms with Crippen LogP contribution in [0.25, 0.3) is 0 Å². The highest BCUT2D eigenvalue weighted by atomic mass is 19.4. The molecule has 2 aromatic carbocycles. The molecule has 0 saturated carbocycles. The fraction of sp³-hybridized carbons (Fsp3) is 0.367. The number of alkyl halides is 3. The molecule has 1 heterocycles. The smallest absolute Gasteiger partial charge is 0.355 e. The van der Waals surface area contributed by atoms with Crippen molar-refractivity contribution in [3.8, 4) is 0 Å². The van der Waals surface area contributed by atoms with Gasteiger partial charge >= 0.3 is 6.18 Å². The Kier molecular flexibility index (Phi) is 10.3. The number of hydrogen-bond acceptors (Lipinski definition) is 5. The topological polar surface area (TPSA) is 80.5 Å². The SMILES string of the molecule is C/C=C\N=C(C)CN(O)C(=N/C(=C\C)C(=O)N1CCc2c(cccc2Nc2ccc(C(F)(F)F)cc2)C1)C(C)C.